The largest absolute Gasteiger partial charge is 0.371 e. The second-order valence-electron chi connectivity index (χ2n) is 8.61. The van der Waals surface area contributed by atoms with Gasteiger partial charge in [-0.2, -0.15) is 5.10 Å². The number of amides is 1. The van der Waals surface area contributed by atoms with E-state index in [-0.39, 0.29) is 5.91 Å². The number of benzene rings is 2. The Kier molecular flexibility index (Phi) is 5.52. The van der Waals surface area contributed by atoms with Crippen molar-refractivity contribution in [3.8, 4) is 0 Å². The topological polar surface area (TPSA) is 62.5 Å². The third-order valence-electron chi connectivity index (χ3n) is 6.53. The highest BCUT2D eigenvalue weighted by molar-refractivity contribution is 5.92. The fourth-order valence-electron chi connectivity index (χ4n) is 4.79. The first kappa shape index (κ1) is 20.5. The second-order valence-corrected chi connectivity index (χ2v) is 8.61. The molecule has 1 aliphatic rings. The number of rotatable bonds is 6. The molecule has 6 heteroatoms. The minimum Gasteiger partial charge on any atom is -0.371 e. The zero-order valence-corrected chi connectivity index (χ0v) is 18.8. The van der Waals surface area contributed by atoms with Crippen molar-refractivity contribution in [2.45, 2.75) is 46.1 Å². The predicted molar refractivity (Wildman–Crippen MR) is 128 cm³/mol. The van der Waals surface area contributed by atoms with E-state index in [1.807, 2.05) is 35.7 Å². The Hall–Kier alpha value is -3.41. The van der Waals surface area contributed by atoms with Crippen molar-refractivity contribution in [2.75, 3.05) is 18.0 Å². The van der Waals surface area contributed by atoms with Gasteiger partial charge in [-0.3, -0.25) is 4.79 Å². The molecule has 0 unspecified atom stereocenters. The smallest absolute Gasteiger partial charge is 0.220 e. The molecule has 0 spiro atoms. The number of hydrogen-bond acceptors (Lipinski definition) is 4. The maximum atomic E-state index is 12.7. The molecular formula is C26H29N5O. The van der Waals surface area contributed by atoms with Crippen LogP contribution < -0.4 is 10.2 Å². The molecule has 1 saturated heterocycles. The molecule has 1 fully saturated rings. The van der Waals surface area contributed by atoms with Crippen molar-refractivity contribution in [1.82, 2.24) is 19.9 Å². The van der Waals surface area contributed by atoms with Crippen molar-refractivity contribution in [2.24, 2.45) is 0 Å². The van der Waals surface area contributed by atoms with Crippen LogP contribution in [0.5, 0.6) is 0 Å². The molecule has 6 nitrogen and oxygen atoms in total. The molecule has 2 aromatic heterocycles. The van der Waals surface area contributed by atoms with Crippen LogP contribution in [-0.4, -0.2) is 33.6 Å². The molecule has 0 radical (unpaired) electrons. The number of carbonyl (C=O) groups is 1. The first-order valence-corrected chi connectivity index (χ1v) is 11.4. The van der Waals surface area contributed by atoms with Gasteiger partial charge >= 0.3 is 0 Å². The summed E-state index contributed by atoms with van der Waals surface area (Å²) in [6.45, 7) is 6.84. The van der Waals surface area contributed by atoms with Crippen LogP contribution in [0.4, 0.5) is 5.69 Å². The fourth-order valence-corrected chi connectivity index (χ4v) is 4.79. The molecule has 0 aliphatic carbocycles. The van der Waals surface area contributed by atoms with Crippen LogP contribution in [0.1, 0.15) is 41.8 Å². The lowest BCUT2D eigenvalue weighted by atomic mass is 10.1. The van der Waals surface area contributed by atoms with Gasteiger partial charge in [-0.25, -0.2) is 9.50 Å². The van der Waals surface area contributed by atoms with Gasteiger partial charge in [-0.1, -0.05) is 30.3 Å². The van der Waals surface area contributed by atoms with E-state index in [0.29, 0.717) is 19.4 Å². The number of aromatic nitrogens is 3. The average molecular weight is 428 g/mol. The van der Waals surface area contributed by atoms with E-state index in [1.165, 1.54) is 24.1 Å². The first-order valence-electron chi connectivity index (χ1n) is 11.4. The lowest BCUT2D eigenvalue weighted by Gasteiger charge is -2.21. The summed E-state index contributed by atoms with van der Waals surface area (Å²) in [7, 11) is 0. The highest BCUT2D eigenvalue weighted by Gasteiger charge is 2.17. The number of para-hydroxylation sites is 1. The van der Waals surface area contributed by atoms with E-state index in [9.17, 15) is 4.79 Å². The Bertz CT molecular complexity index is 1290. The Labute approximate surface area is 188 Å². The SMILES string of the molecule is Cc1nc2c3ccccc3nn2c(C)c1CCC(=O)NCc1ccccc1N1CCCC1. The summed E-state index contributed by atoms with van der Waals surface area (Å²) in [5.74, 6) is 0.0609. The van der Waals surface area contributed by atoms with E-state index in [4.69, 9.17) is 10.1 Å². The van der Waals surface area contributed by atoms with Crippen molar-refractivity contribution in [3.63, 3.8) is 0 Å². The number of aryl methyl sites for hydroxylation is 2. The lowest BCUT2D eigenvalue weighted by Crippen LogP contribution is -2.26. The number of carbonyl (C=O) groups excluding carboxylic acids is 1. The first-order chi connectivity index (χ1) is 15.6. The van der Waals surface area contributed by atoms with Gasteiger partial charge in [-0.05, 0) is 62.4 Å². The molecule has 32 heavy (non-hydrogen) atoms. The van der Waals surface area contributed by atoms with Crippen LogP contribution in [0, 0.1) is 13.8 Å². The van der Waals surface area contributed by atoms with Gasteiger partial charge in [0.05, 0.1) is 5.52 Å². The third-order valence-corrected chi connectivity index (χ3v) is 6.53. The molecule has 1 aliphatic heterocycles. The summed E-state index contributed by atoms with van der Waals surface area (Å²) in [5, 5.41) is 8.89. The van der Waals surface area contributed by atoms with E-state index >= 15 is 0 Å². The molecule has 1 N–H and O–H groups in total. The van der Waals surface area contributed by atoms with Gasteiger partial charge in [0.1, 0.15) is 0 Å². The van der Waals surface area contributed by atoms with E-state index in [0.717, 1.165) is 46.6 Å². The monoisotopic (exact) mass is 427 g/mol. The van der Waals surface area contributed by atoms with Crippen LogP contribution in [0.15, 0.2) is 48.5 Å². The zero-order valence-electron chi connectivity index (χ0n) is 18.8. The standard InChI is InChI=1S/C26H29N5O/c1-18-21(19(2)31-26(28-18)22-10-4-5-11-23(22)29-31)13-14-25(32)27-17-20-9-3-6-12-24(20)30-15-7-8-16-30/h3-6,9-12H,7-8,13-17H2,1-2H3,(H,27,32). The lowest BCUT2D eigenvalue weighted by molar-refractivity contribution is -0.121. The van der Waals surface area contributed by atoms with Crippen molar-refractivity contribution in [3.05, 3.63) is 71.0 Å². The summed E-state index contributed by atoms with van der Waals surface area (Å²) in [5.41, 5.74) is 7.36. The summed E-state index contributed by atoms with van der Waals surface area (Å²) >= 11 is 0. The molecule has 0 saturated carbocycles. The fraction of sp³-hybridized carbons (Fsp3) is 0.346. The predicted octanol–water partition coefficient (Wildman–Crippen LogP) is 4.35. The van der Waals surface area contributed by atoms with Crippen LogP contribution in [0.3, 0.4) is 0 Å². The molecule has 0 bridgehead atoms. The Morgan fingerprint density at radius 2 is 1.78 bits per heavy atom. The third kappa shape index (κ3) is 3.81. The maximum Gasteiger partial charge on any atom is 0.220 e. The van der Waals surface area contributed by atoms with Crippen molar-refractivity contribution >= 4 is 28.1 Å². The summed E-state index contributed by atoms with van der Waals surface area (Å²) in [4.78, 5) is 19.9. The number of anilines is 1. The minimum atomic E-state index is 0.0609. The Morgan fingerprint density at radius 3 is 2.62 bits per heavy atom. The van der Waals surface area contributed by atoms with Crippen molar-refractivity contribution < 1.29 is 4.79 Å². The summed E-state index contributed by atoms with van der Waals surface area (Å²) < 4.78 is 1.91. The van der Waals surface area contributed by atoms with E-state index < -0.39 is 0 Å². The number of nitrogens with zero attached hydrogens (tertiary/aromatic N) is 4. The maximum absolute atomic E-state index is 12.7. The molecular weight excluding hydrogens is 398 g/mol. The van der Waals surface area contributed by atoms with Gasteiger partial charge in [0, 0.05) is 48.5 Å². The van der Waals surface area contributed by atoms with Crippen LogP contribution in [0.25, 0.3) is 16.6 Å². The summed E-state index contributed by atoms with van der Waals surface area (Å²) in [6, 6.07) is 16.5. The Balaban J connectivity index is 1.28. The number of hydrogen-bond donors (Lipinski definition) is 1. The molecule has 164 valence electrons. The van der Waals surface area contributed by atoms with Crippen LogP contribution in [0.2, 0.25) is 0 Å². The highest BCUT2D eigenvalue weighted by atomic mass is 16.1. The van der Waals surface area contributed by atoms with Gasteiger partial charge in [0.2, 0.25) is 5.91 Å². The normalized spacial score (nSPS) is 13.9. The summed E-state index contributed by atoms with van der Waals surface area (Å²) in [6.07, 6.45) is 3.56. The quantitative estimate of drug-likeness (QED) is 0.497. The number of fused-ring (bicyclic) bond motifs is 3. The van der Waals surface area contributed by atoms with Gasteiger partial charge < -0.3 is 10.2 Å². The van der Waals surface area contributed by atoms with E-state index in [1.54, 1.807) is 0 Å². The van der Waals surface area contributed by atoms with Gasteiger partial charge in [0.25, 0.3) is 0 Å². The second kappa shape index (κ2) is 8.61. The highest BCUT2D eigenvalue weighted by Crippen LogP contribution is 2.25. The molecule has 3 heterocycles. The molecule has 4 aromatic rings. The number of nitrogens with one attached hydrogen (secondary N) is 1. The molecule has 5 rings (SSSR count). The molecule has 2 aromatic carbocycles. The van der Waals surface area contributed by atoms with Gasteiger partial charge in [-0.15, -0.1) is 0 Å². The molecule has 0 atom stereocenters. The molecule has 1 amide bonds. The minimum absolute atomic E-state index is 0.0609. The average Bonchev–Trinajstić information content (AvgIpc) is 3.46. The van der Waals surface area contributed by atoms with Crippen molar-refractivity contribution in [1.29, 1.82) is 0 Å². The van der Waals surface area contributed by atoms with Gasteiger partial charge in [0.15, 0.2) is 5.65 Å². The zero-order chi connectivity index (χ0) is 22.1. The van der Waals surface area contributed by atoms with Crippen LogP contribution in [-0.2, 0) is 17.8 Å². The van der Waals surface area contributed by atoms with E-state index in [2.05, 4.69) is 41.4 Å². The van der Waals surface area contributed by atoms with Crippen LogP contribution >= 0.6 is 0 Å². The Morgan fingerprint density at radius 1 is 1.03 bits per heavy atom.